The molecular weight excluding hydrogens is 222 g/mol. The number of primary amides is 1. The van der Waals surface area contributed by atoms with Crippen LogP contribution in [0.4, 0.5) is 0 Å². The molecule has 5 nitrogen and oxygen atoms in total. The monoisotopic (exact) mass is 237 g/mol. The molecule has 1 aromatic carbocycles. The number of benzene rings is 1. The summed E-state index contributed by atoms with van der Waals surface area (Å²) in [6, 6.07) is 9.20. The molecule has 1 aliphatic heterocycles. The summed E-state index contributed by atoms with van der Waals surface area (Å²) in [6.45, 7) is 1.36. The van der Waals surface area contributed by atoms with Crippen molar-refractivity contribution in [1.82, 2.24) is 0 Å². The van der Waals surface area contributed by atoms with Crippen LogP contribution in [-0.2, 0) is 19.3 Å². The van der Waals surface area contributed by atoms with Gasteiger partial charge in [-0.3, -0.25) is 4.79 Å². The van der Waals surface area contributed by atoms with E-state index in [2.05, 4.69) is 0 Å². The molecule has 1 aliphatic rings. The maximum Gasteiger partial charge on any atom is 0.251 e. The van der Waals surface area contributed by atoms with Crippen molar-refractivity contribution in [1.29, 1.82) is 0 Å². The second-order valence-electron chi connectivity index (χ2n) is 3.96. The van der Waals surface area contributed by atoms with Gasteiger partial charge in [-0.05, 0) is 5.56 Å². The van der Waals surface area contributed by atoms with Crippen LogP contribution in [0.3, 0.4) is 0 Å². The number of ether oxygens (including phenoxy) is 1. The SMILES string of the molecule is NC(=O)C(OCC1COOC1)c1ccccc1. The number of carbonyl (C=O) groups excluding carboxylic acids is 1. The van der Waals surface area contributed by atoms with Gasteiger partial charge in [0.15, 0.2) is 6.10 Å². The molecule has 1 aromatic rings. The standard InChI is InChI=1S/C12H15NO4/c13-12(14)11(10-4-2-1-3-5-10)15-6-9-7-16-17-8-9/h1-5,9,11H,6-8H2,(H2,13,14). The number of hydrogen-bond donors (Lipinski definition) is 1. The van der Waals surface area contributed by atoms with Crippen LogP contribution in [-0.4, -0.2) is 25.7 Å². The van der Waals surface area contributed by atoms with Crippen molar-refractivity contribution in [2.24, 2.45) is 11.7 Å². The molecule has 2 rings (SSSR count). The molecule has 0 radical (unpaired) electrons. The van der Waals surface area contributed by atoms with E-state index in [9.17, 15) is 4.79 Å². The van der Waals surface area contributed by atoms with Crippen LogP contribution in [0, 0.1) is 5.92 Å². The Morgan fingerprint density at radius 1 is 1.35 bits per heavy atom. The van der Waals surface area contributed by atoms with Crippen molar-refractivity contribution in [2.75, 3.05) is 19.8 Å². The van der Waals surface area contributed by atoms with E-state index in [0.717, 1.165) is 5.56 Å². The Hall–Kier alpha value is -1.43. The lowest BCUT2D eigenvalue weighted by Gasteiger charge is -2.16. The van der Waals surface area contributed by atoms with Gasteiger partial charge in [-0.2, -0.15) is 0 Å². The van der Waals surface area contributed by atoms with Gasteiger partial charge in [0.2, 0.25) is 0 Å². The second kappa shape index (κ2) is 5.77. The van der Waals surface area contributed by atoms with Gasteiger partial charge >= 0.3 is 0 Å². The van der Waals surface area contributed by atoms with Gasteiger partial charge in [0, 0.05) is 5.92 Å². The number of amides is 1. The van der Waals surface area contributed by atoms with Gasteiger partial charge in [0.05, 0.1) is 19.8 Å². The molecule has 0 bridgehead atoms. The zero-order valence-electron chi connectivity index (χ0n) is 9.37. The molecule has 0 aliphatic carbocycles. The second-order valence-corrected chi connectivity index (χ2v) is 3.96. The molecule has 0 spiro atoms. The van der Waals surface area contributed by atoms with Gasteiger partial charge in [-0.1, -0.05) is 30.3 Å². The van der Waals surface area contributed by atoms with E-state index in [4.69, 9.17) is 20.2 Å². The Morgan fingerprint density at radius 2 is 2.00 bits per heavy atom. The van der Waals surface area contributed by atoms with Crippen LogP contribution >= 0.6 is 0 Å². The lowest BCUT2D eigenvalue weighted by atomic mass is 10.1. The van der Waals surface area contributed by atoms with E-state index in [1.54, 1.807) is 0 Å². The van der Waals surface area contributed by atoms with Crippen LogP contribution in [0.15, 0.2) is 30.3 Å². The zero-order chi connectivity index (χ0) is 12.1. The molecule has 1 fully saturated rings. The van der Waals surface area contributed by atoms with Crippen molar-refractivity contribution in [3.8, 4) is 0 Å². The highest BCUT2D eigenvalue weighted by Gasteiger charge is 2.23. The fraction of sp³-hybridized carbons (Fsp3) is 0.417. The number of rotatable bonds is 5. The quantitative estimate of drug-likeness (QED) is 0.769. The summed E-state index contributed by atoms with van der Waals surface area (Å²) in [7, 11) is 0. The van der Waals surface area contributed by atoms with Crippen molar-refractivity contribution < 1.29 is 19.3 Å². The summed E-state index contributed by atoms with van der Waals surface area (Å²) in [5.74, 6) is -0.336. The van der Waals surface area contributed by atoms with Gasteiger partial charge in [0.1, 0.15) is 0 Å². The molecule has 1 heterocycles. The first kappa shape index (κ1) is 12.0. The smallest absolute Gasteiger partial charge is 0.251 e. The Kier molecular flexibility index (Phi) is 4.08. The van der Waals surface area contributed by atoms with Gasteiger partial charge in [0.25, 0.3) is 5.91 Å². The topological polar surface area (TPSA) is 70.8 Å². The maximum atomic E-state index is 11.3. The Balaban J connectivity index is 1.95. The first-order valence-corrected chi connectivity index (χ1v) is 5.47. The molecular formula is C12H15NO4. The summed E-state index contributed by atoms with van der Waals surface area (Å²) in [5, 5.41) is 0. The van der Waals surface area contributed by atoms with Crippen LogP contribution in [0.5, 0.6) is 0 Å². The van der Waals surface area contributed by atoms with Gasteiger partial charge < -0.3 is 10.5 Å². The minimum Gasteiger partial charge on any atom is -0.367 e. The van der Waals surface area contributed by atoms with E-state index in [0.29, 0.717) is 19.8 Å². The van der Waals surface area contributed by atoms with Crippen LogP contribution in [0.1, 0.15) is 11.7 Å². The molecule has 1 amide bonds. The highest BCUT2D eigenvalue weighted by Crippen LogP contribution is 2.19. The summed E-state index contributed by atoms with van der Waals surface area (Å²) >= 11 is 0. The Bertz CT molecular complexity index is 362. The first-order chi connectivity index (χ1) is 8.27. The fourth-order valence-corrected chi connectivity index (χ4v) is 1.64. The van der Waals surface area contributed by atoms with E-state index in [1.165, 1.54) is 0 Å². The first-order valence-electron chi connectivity index (χ1n) is 5.47. The van der Waals surface area contributed by atoms with E-state index in [-0.39, 0.29) is 5.92 Å². The molecule has 17 heavy (non-hydrogen) atoms. The molecule has 1 saturated heterocycles. The van der Waals surface area contributed by atoms with Gasteiger partial charge in [-0.25, -0.2) is 9.78 Å². The summed E-state index contributed by atoms with van der Waals surface area (Å²) in [5.41, 5.74) is 6.09. The number of carbonyl (C=O) groups is 1. The highest BCUT2D eigenvalue weighted by molar-refractivity contribution is 5.80. The molecule has 5 heteroatoms. The van der Waals surface area contributed by atoms with Crippen LogP contribution < -0.4 is 5.73 Å². The normalized spacial score (nSPS) is 18.1. The molecule has 0 aromatic heterocycles. The molecule has 2 N–H and O–H groups in total. The number of nitrogens with two attached hydrogens (primary N) is 1. The lowest BCUT2D eigenvalue weighted by Crippen LogP contribution is -2.26. The molecule has 1 atom stereocenters. The highest BCUT2D eigenvalue weighted by atomic mass is 17.2. The van der Waals surface area contributed by atoms with Crippen molar-refractivity contribution >= 4 is 5.91 Å². The average molecular weight is 237 g/mol. The largest absolute Gasteiger partial charge is 0.367 e. The third-order valence-corrected chi connectivity index (χ3v) is 2.55. The minimum atomic E-state index is -0.711. The lowest BCUT2D eigenvalue weighted by molar-refractivity contribution is -0.248. The van der Waals surface area contributed by atoms with Crippen molar-refractivity contribution in [2.45, 2.75) is 6.10 Å². The van der Waals surface area contributed by atoms with Crippen LogP contribution in [0.2, 0.25) is 0 Å². The number of hydrogen-bond acceptors (Lipinski definition) is 4. The van der Waals surface area contributed by atoms with E-state index < -0.39 is 12.0 Å². The molecule has 92 valence electrons. The van der Waals surface area contributed by atoms with Crippen molar-refractivity contribution in [3.05, 3.63) is 35.9 Å². The third kappa shape index (κ3) is 3.26. The third-order valence-electron chi connectivity index (χ3n) is 2.55. The summed E-state index contributed by atoms with van der Waals surface area (Å²) in [4.78, 5) is 20.9. The zero-order valence-corrected chi connectivity index (χ0v) is 9.37. The predicted molar refractivity (Wildman–Crippen MR) is 59.7 cm³/mol. The van der Waals surface area contributed by atoms with Crippen LogP contribution in [0.25, 0.3) is 0 Å². The summed E-state index contributed by atoms with van der Waals surface area (Å²) in [6.07, 6.45) is -0.711. The Morgan fingerprint density at radius 3 is 2.59 bits per heavy atom. The maximum absolute atomic E-state index is 11.3. The van der Waals surface area contributed by atoms with Gasteiger partial charge in [-0.15, -0.1) is 0 Å². The fourth-order valence-electron chi connectivity index (χ4n) is 1.64. The van der Waals surface area contributed by atoms with E-state index in [1.807, 2.05) is 30.3 Å². The molecule has 0 saturated carbocycles. The molecule has 1 unspecified atom stereocenters. The van der Waals surface area contributed by atoms with E-state index >= 15 is 0 Å². The minimum absolute atomic E-state index is 0.153. The summed E-state index contributed by atoms with van der Waals surface area (Å²) < 4.78 is 5.54. The van der Waals surface area contributed by atoms with Crippen molar-refractivity contribution in [3.63, 3.8) is 0 Å². The predicted octanol–water partition coefficient (Wildman–Crippen LogP) is 0.808. The average Bonchev–Trinajstić information content (AvgIpc) is 2.83. The Labute approximate surface area is 99.4 Å².